The zero-order valence-corrected chi connectivity index (χ0v) is 10.8. The third-order valence-electron chi connectivity index (χ3n) is 2.88. The summed E-state index contributed by atoms with van der Waals surface area (Å²) in [6, 6.07) is 1.34. The number of carbonyl (C=O) groups excluding carboxylic acids is 1. The van der Waals surface area contributed by atoms with Gasteiger partial charge in [-0.2, -0.15) is 0 Å². The van der Waals surface area contributed by atoms with Crippen molar-refractivity contribution in [2.45, 2.75) is 26.3 Å². The molecular weight excluding hydrogens is 250 g/mol. The van der Waals surface area contributed by atoms with Crippen LogP contribution in [-0.2, 0) is 11.3 Å². The van der Waals surface area contributed by atoms with Crippen LogP contribution in [-0.4, -0.2) is 40.3 Å². The first-order valence-electron chi connectivity index (χ1n) is 6.21. The van der Waals surface area contributed by atoms with Gasteiger partial charge in [-0.15, -0.1) is 0 Å². The highest BCUT2D eigenvalue weighted by Crippen LogP contribution is 2.29. The highest BCUT2D eigenvalue weighted by molar-refractivity contribution is 5.80. The van der Waals surface area contributed by atoms with Gasteiger partial charge in [-0.1, -0.05) is 5.16 Å². The number of urea groups is 1. The van der Waals surface area contributed by atoms with E-state index in [1.165, 1.54) is 4.90 Å². The number of aromatic nitrogens is 1. The Bertz CT molecular complexity index is 467. The number of nitrogens with one attached hydrogen (secondary N) is 1. The first kappa shape index (κ1) is 13.4. The van der Waals surface area contributed by atoms with Crippen LogP contribution in [0.4, 0.5) is 4.79 Å². The van der Waals surface area contributed by atoms with Crippen LogP contribution in [0.25, 0.3) is 0 Å². The molecule has 0 bridgehead atoms. The monoisotopic (exact) mass is 267 g/mol. The normalized spacial score (nSPS) is 14.2. The predicted octanol–water partition coefficient (Wildman–Crippen LogP) is 0.989. The van der Waals surface area contributed by atoms with E-state index in [0.717, 1.165) is 18.5 Å². The number of hydrogen-bond donors (Lipinski definition) is 2. The van der Waals surface area contributed by atoms with Crippen molar-refractivity contribution in [2.24, 2.45) is 5.92 Å². The molecule has 1 heterocycles. The average molecular weight is 267 g/mol. The molecule has 0 radical (unpaired) electrons. The standard InChI is InChI=1S/C12H17N3O4/c1-8-4-10(19-14-8)5-13-12(18)15(7-11(16)17)6-9-2-3-9/h4,9H,2-3,5-7H2,1H3,(H,13,18)(H,16,17). The molecule has 7 nitrogen and oxygen atoms in total. The molecular formula is C12H17N3O4. The van der Waals surface area contributed by atoms with E-state index < -0.39 is 5.97 Å². The van der Waals surface area contributed by atoms with Gasteiger partial charge in [0.05, 0.1) is 12.2 Å². The highest BCUT2D eigenvalue weighted by atomic mass is 16.5. The molecule has 1 fully saturated rings. The van der Waals surface area contributed by atoms with Crippen molar-refractivity contribution < 1.29 is 19.2 Å². The van der Waals surface area contributed by atoms with Gasteiger partial charge in [0.1, 0.15) is 6.54 Å². The number of aryl methyl sites for hydroxylation is 1. The van der Waals surface area contributed by atoms with Crippen LogP contribution in [0.5, 0.6) is 0 Å². The van der Waals surface area contributed by atoms with Crippen LogP contribution in [0.3, 0.4) is 0 Å². The molecule has 2 amide bonds. The minimum Gasteiger partial charge on any atom is -0.480 e. The lowest BCUT2D eigenvalue weighted by Crippen LogP contribution is -2.43. The fourth-order valence-corrected chi connectivity index (χ4v) is 1.77. The number of carbonyl (C=O) groups is 2. The molecule has 0 spiro atoms. The Morgan fingerprint density at radius 3 is 2.84 bits per heavy atom. The molecule has 1 aliphatic rings. The predicted molar refractivity (Wildman–Crippen MR) is 65.4 cm³/mol. The van der Waals surface area contributed by atoms with Crippen molar-refractivity contribution >= 4 is 12.0 Å². The molecule has 0 atom stereocenters. The van der Waals surface area contributed by atoms with Crippen LogP contribution in [0.2, 0.25) is 0 Å². The van der Waals surface area contributed by atoms with E-state index in [4.69, 9.17) is 9.63 Å². The van der Waals surface area contributed by atoms with Gasteiger partial charge < -0.3 is 19.8 Å². The zero-order chi connectivity index (χ0) is 13.8. The maximum atomic E-state index is 11.9. The Balaban J connectivity index is 1.85. The van der Waals surface area contributed by atoms with Gasteiger partial charge in [0.25, 0.3) is 0 Å². The highest BCUT2D eigenvalue weighted by Gasteiger charge is 2.27. The summed E-state index contributed by atoms with van der Waals surface area (Å²) < 4.78 is 4.97. The van der Waals surface area contributed by atoms with E-state index in [9.17, 15) is 9.59 Å². The lowest BCUT2D eigenvalue weighted by molar-refractivity contribution is -0.137. The Morgan fingerprint density at radius 1 is 1.58 bits per heavy atom. The second kappa shape index (κ2) is 5.73. The van der Waals surface area contributed by atoms with Crippen LogP contribution in [0.1, 0.15) is 24.3 Å². The van der Waals surface area contributed by atoms with Crippen LogP contribution in [0.15, 0.2) is 10.6 Å². The van der Waals surface area contributed by atoms with E-state index in [1.807, 2.05) is 0 Å². The van der Waals surface area contributed by atoms with Gasteiger partial charge in [0.2, 0.25) is 0 Å². The summed E-state index contributed by atoms with van der Waals surface area (Å²) in [6.07, 6.45) is 2.12. The fourth-order valence-electron chi connectivity index (χ4n) is 1.77. The number of aliphatic carboxylic acids is 1. The summed E-state index contributed by atoms with van der Waals surface area (Å²) in [5.74, 6) is -0.0171. The van der Waals surface area contributed by atoms with E-state index >= 15 is 0 Å². The molecule has 1 aromatic rings. The van der Waals surface area contributed by atoms with E-state index in [0.29, 0.717) is 18.2 Å². The maximum absolute atomic E-state index is 11.9. The molecule has 1 aromatic heterocycles. The largest absolute Gasteiger partial charge is 0.480 e. The number of carboxylic acids is 1. The van der Waals surface area contributed by atoms with Gasteiger partial charge in [0.15, 0.2) is 5.76 Å². The van der Waals surface area contributed by atoms with Gasteiger partial charge in [-0.05, 0) is 25.7 Å². The minimum atomic E-state index is -1.01. The van der Waals surface area contributed by atoms with Gasteiger partial charge in [-0.25, -0.2) is 4.79 Å². The van der Waals surface area contributed by atoms with Crippen LogP contribution in [0, 0.1) is 12.8 Å². The van der Waals surface area contributed by atoms with Crippen molar-refractivity contribution in [3.8, 4) is 0 Å². The van der Waals surface area contributed by atoms with Crippen LogP contribution >= 0.6 is 0 Å². The van der Waals surface area contributed by atoms with Crippen molar-refractivity contribution in [1.82, 2.24) is 15.4 Å². The molecule has 1 saturated carbocycles. The summed E-state index contributed by atoms with van der Waals surface area (Å²) in [4.78, 5) is 24.0. The maximum Gasteiger partial charge on any atom is 0.323 e. The third kappa shape index (κ3) is 4.27. The van der Waals surface area contributed by atoms with Gasteiger partial charge in [0, 0.05) is 12.6 Å². The second-order valence-corrected chi connectivity index (χ2v) is 4.81. The Morgan fingerprint density at radius 2 is 2.32 bits per heavy atom. The van der Waals surface area contributed by atoms with E-state index in [1.54, 1.807) is 13.0 Å². The minimum absolute atomic E-state index is 0.209. The topological polar surface area (TPSA) is 95.7 Å². The smallest absolute Gasteiger partial charge is 0.323 e. The number of amides is 2. The Kier molecular flexibility index (Phi) is 4.03. The molecule has 2 rings (SSSR count). The molecule has 0 aliphatic heterocycles. The van der Waals surface area contributed by atoms with Crippen molar-refractivity contribution in [2.75, 3.05) is 13.1 Å². The third-order valence-corrected chi connectivity index (χ3v) is 2.88. The number of rotatable bonds is 6. The Labute approximate surface area is 110 Å². The van der Waals surface area contributed by atoms with Gasteiger partial charge >= 0.3 is 12.0 Å². The van der Waals surface area contributed by atoms with Gasteiger partial charge in [-0.3, -0.25) is 4.79 Å². The molecule has 19 heavy (non-hydrogen) atoms. The molecule has 2 N–H and O–H groups in total. The molecule has 0 unspecified atom stereocenters. The van der Waals surface area contributed by atoms with Crippen molar-refractivity contribution in [3.63, 3.8) is 0 Å². The SMILES string of the molecule is Cc1cc(CNC(=O)N(CC(=O)O)CC2CC2)on1. The van der Waals surface area contributed by atoms with Crippen molar-refractivity contribution in [3.05, 3.63) is 17.5 Å². The molecule has 104 valence electrons. The molecule has 0 saturated heterocycles. The molecule has 0 aromatic carbocycles. The number of nitrogens with zero attached hydrogens (tertiary/aromatic N) is 2. The first-order valence-corrected chi connectivity index (χ1v) is 6.21. The second-order valence-electron chi connectivity index (χ2n) is 4.81. The fraction of sp³-hybridized carbons (Fsp3) is 0.583. The van der Waals surface area contributed by atoms with E-state index in [-0.39, 0.29) is 19.1 Å². The lowest BCUT2D eigenvalue weighted by atomic mass is 10.3. The van der Waals surface area contributed by atoms with E-state index in [2.05, 4.69) is 10.5 Å². The average Bonchev–Trinajstić information content (AvgIpc) is 3.06. The quantitative estimate of drug-likeness (QED) is 0.801. The summed E-state index contributed by atoms with van der Waals surface area (Å²) in [5, 5.41) is 15.2. The number of hydrogen-bond acceptors (Lipinski definition) is 4. The number of carboxylic acid groups (broad SMARTS) is 1. The summed E-state index contributed by atoms with van der Waals surface area (Å²) >= 11 is 0. The zero-order valence-electron chi connectivity index (χ0n) is 10.8. The first-order chi connectivity index (χ1) is 9.04. The lowest BCUT2D eigenvalue weighted by Gasteiger charge is -2.20. The summed E-state index contributed by atoms with van der Waals surface area (Å²) in [5.41, 5.74) is 0.740. The molecule has 7 heteroatoms. The Hall–Kier alpha value is -2.05. The molecule has 1 aliphatic carbocycles. The summed E-state index contributed by atoms with van der Waals surface area (Å²) in [6.45, 7) is 2.21. The summed E-state index contributed by atoms with van der Waals surface area (Å²) in [7, 11) is 0. The van der Waals surface area contributed by atoms with Crippen molar-refractivity contribution in [1.29, 1.82) is 0 Å². The van der Waals surface area contributed by atoms with Crippen LogP contribution < -0.4 is 5.32 Å².